The summed E-state index contributed by atoms with van der Waals surface area (Å²) in [5, 5.41) is 3.13. The normalized spacial score (nSPS) is 18.1. The van der Waals surface area contributed by atoms with Gasteiger partial charge in [0.1, 0.15) is 11.5 Å². The zero-order valence-corrected chi connectivity index (χ0v) is 15.2. The molecule has 1 saturated carbocycles. The number of hydrogen-bond donors (Lipinski definition) is 1. The monoisotopic (exact) mass is 350 g/mol. The van der Waals surface area contributed by atoms with E-state index in [9.17, 15) is 4.79 Å². The number of nitrogens with one attached hydrogen (secondary N) is 1. The number of benzene rings is 1. The SMILES string of the molecule is O=C(NC1CCCCCC1)c1cnc(N2CCc3ccccc3C2)cn1. The van der Waals surface area contributed by atoms with Gasteiger partial charge >= 0.3 is 0 Å². The van der Waals surface area contributed by atoms with E-state index in [0.29, 0.717) is 5.69 Å². The lowest BCUT2D eigenvalue weighted by Crippen LogP contribution is -2.35. The molecule has 2 heterocycles. The van der Waals surface area contributed by atoms with Gasteiger partial charge in [-0.2, -0.15) is 0 Å². The van der Waals surface area contributed by atoms with Crippen molar-refractivity contribution in [3.05, 3.63) is 53.5 Å². The van der Waals surface area contributed by atoms with Gasteiger partial charge in [0.15, 0.2) is 0 Å². The molecule has 5 heteroatoms. The van der Waals surface area contributed by atoms with Gasteiger partial charge in [0.05, 0.1) is 12.4 Å². The Morgan fingerprint density at radius 3 is 2.50 bits per heavy atom. The Labute approximate surface area is 154 Å². The Morgan fingerprint density at radius 1 is 1.00 bits per heavy atom. The Balaban J connectivity index is 1.40. The van der Waals surface area contributed by atoms with Crippen molar-refractivity contribution in [2.45, 2.75) is 57.5 Å². The van der Waals surface area contributed by atoms with E-state index >= 15 is 0 Å². The van der Waals surface area contributed by atoms with Crippen molar-refractivity contribution < 1.29 is 4.79 Å². The van der Waals surface area contributed by atoms with Crippen LogP contribution in [0.1, 0.15) is 60.1 Å². The minimum atomic E-state index is -0.0973. The van der Waals surface area contributed by atoms with E-state index < -0.39 is 0 Å². The van der Waals surface area contributed by atoms with Crippen LogP contribution in [0.25, 0.3) is 0 Å². The molecule has 0 unspecified atom stereocenters. The maximum Gasteiger partial charge on any atom is 0.271 e. The molecular formula is C21H26N4O. The predicted molar refractivity (Wildman–Crippen MR) is 102 cm³/mol. The fourth-order valence-electron chi connectivity index (χ4n) is 3.98. The average molecular weight is 350 g/mol. The molecule has 136 valence electrons. The summed E-state index contributed by atoms with van der Waals surface area (Å²) in [7, 11) is 0. The van der Waals surface area contributed by atoms with E-state index in [2.05, 4.69) is 44.5 Å². The van der Waals surface area contributed by atoms with Crippen LogP contribution in [0.2, 0.25) is 0 Å². The highest BCUT2D eigenvalue weighted by atomic mass is 16.1. The molecule has 1 fully saturated rings. The van der Waals surface area contributed by atoms with Crippen LogP contribution in [0.15, 0.2) is 36.7 Å². The van der Waals surface area contributed by atoms with Crippen LogP contribution in [0.3, 0.4) is 0 Å². The van der Waals surface area contributed by atoms with Gasteiger partial charge in [-0.3, -0.25) is 4.79 Å². The molecule has 1 aliphatic heterocycles. The highest BCUT2D eigenvalue weighted by molar-refractivity contribution is 5.92. The van der Waals surface area contributed by atoms with Crippen LogP contribution < -0.4 is 10.2 Å². The summed E-state index contributed by atoms with van der Waals surface area (Å²) in [5.74, 6) is 0.741. The van der Waals surface area contributed by atoms with Gasteiger partial charge in [0, 0.05) is 19.1 Å². The molecule has 0 saturated heterocycles. The summed E-state index contributed by atoms with van der Waals surface area (Å²) < 4.78 is 0. The average Bonchev–Trinajstić information content (AvgIpc) is 2.96. The predicted octanol–water partition coefficient (Wildman–Crippen LogP) is 3.49. The molecule has 0 atom stereocenters. The largest absolute Gasteiger partial charge is 0.351 e. The van der Waals surface area contributed by atoms with Crippen LogP contribution in [-0.2, 0) is 13.0 Å². The molecule has 1 aromatic carbocycles. The molecule has 4 rings (SSSR count). The third kappa shape index (κ3) is 3.87. The number of nitrogens with zero attached hydrogens (tertiary/aromatic N) is 3. The first kappa shape index (κ1) is 17.0. The van der Waals surface area contributed by atoms with Gasteiger partial charge in [0.25, 0.3) is 5.91 Å². The van der Waals surface area contributed by atoms with Crippen molar-refractivity contribution in [3.8, 4) is 0 Å². The topological polar surface area (TPSA) is 58.1 Å². The van der Waals surface area contributed by atoms with Crippen molar-refractivity contribution in [1.29, 1.82) is 0 Å². The first-order chi connectivity index (χ1) is 12.8. The third-order valence-electron chi connectivity index (χ3n) is 5.52. The minimum Gasteiger partial charge on any atom is -0.351 e. The lowest BCUT2D eigenvalue weighted by atomic mass is 10.0. The van der Waals surface area contributed by atoms with Crippen molar-refractivity contribution in [2.75, 3.05) is 11.4 Å². The quantitative estimate of drug-likeness (QED) is 0.861. The Hall–Kier alpha value is -2.43. The summed E-state index contributed by atoms with van der Waals surface area (Å²) in [6.45, 7) is 1.78. The number of fused-ring (bicyclic) bond motifs is 1. The summed E-state index contributed by atoms with van der Waals surface area (Å²) in [6.07, 6.45) is 11.5. The molecule has 2 aromatic rings. The second-order valence-electron chi connectivity index (χ2n) is 7.36. The highest BCUT2D eigenvalue weighted by Gasteiger charge is 2.19. The summed E-state index contributed by atoms with van der Waals surface area (Å²) in [6, 6.07) is 8.82. The van der Waals surface area contributed by atoms with Crippen LogP contribution >= 0.6 is 0 Å². The summed E-state index contributed by atoms with van der Waals surface area (Å²) >= 11 is 0. The number of carbonyl (C=O) groups is 1. The van der Waals surface area contributed by atoms with Crippen LogP contribution in [-0.4, -0.2) is 28.5 Å². The first-order valence-electron chi connectivity index (χ1n) is 9.74. The molecule has 26 heavy (non-hydrogen) atoms. The molecule has 5 nitrogen and oxygen atoms in total. The number of aromatic nitrogens is 2. The number of anilines is 1. The van der Waals surface area contributed by atoms with Gasteiger partial charge < -0.3 is 10.2 Å². The van der Waals surface area contributed by atoms with Crippen molar-refractivity contribution >= 4 is 11.7 Å². The molecule has 1 N–H and O–H groups in total. The van der Waals surface area contributed by atoms with Crippen molar-refractivity contribution in [1.82, 2.24) is 15.3 Å². The molecule has 0 bridgehead atoms. The smallest absolute Gasteiger partial charge is 0.271 e. The fraction of sp³-hybridized carbons (Fsp3) is 0.476. The molecular weight excluding hydrogens is 324 g/mol. The van der Waals surface area contributed by atoms with E-state index in [-0.39, 0.29) is 11.9 Å². The van der Waals surface area contributed by atoms with Crippen LogP contribution in [0.5, 0.6) is 0 Å². The lowest BCUT2D eigenvalue weighted by molar-refractivity contribution is 0.0928. The molecule has 1 aromatic heterocycles. The summed E-state index contributed by atoms with van der Waals surface area (Å²) in [4.78, 5) is 23.6. The minimum absolute atomic E-state index is 0.0973. The zero-order chi connectivity index (χ0) is 17.8. The van der Waals surface area contributed by atoms with Gasteiger partial charge in [-0.15, -0.1) is 0 Å². The Morgan fingerprint density at radius 2 is 1.77 bits per heavy atom. The number of carbonyl (C=O) groups excluding carboxylic acids is 1. The van der Waals surface area contributed by atoms with Crippen molar-refractivity contribution in [3.63, 3.8) is 0 Å². The maximum atomic E-state index is 12.4. The second kappa shape index (κ2) is 7.85. The van der Waals surface area contributed by atoms with E-state index in [1.54, 1.807) is 12.4 Å². The van der Waals surface area contributed by atoms with E-state index in [1.807, 2.05) is 0 Å². The Kier molecular flexibility index (Phi) is 5.14. The first-order valence-corrected chi connectivity index (χ1v) is 9.74. The maximum absolute atomic E-state index is 12.4. The Bertz CT molecular complexity index is 751. The molecule has 1 aliphatic carbocycles. The molecule has 0 spiro atoms. The van der Waals surface area contributed by atoms with Gasteiger partial charge in [-0.25, -0.2) is 9.97 Å². The molecule has 0 radical (unpaired) electrons. The van der Waals surface area contributed by atoms with E-state index in [1.165, 1.54) is 36.8 Å². The number of hydrogen-bond acceptors (Lipinski definition) is 4. The summed E-state index contributed by atoms with van der Waals surface area (Å²) in [5.41, 5.74) is 3.17. The number of rotatable bonds is 3. The van der Waals surface area contributed by atoms with Crippen molar-refractivity contribution in [2.24, 2.45) is 0 Å². The number of amides is 1. The lowest BCUT2D eigenvalue weighted by Gasteiger charge is -2.29. The van der Waals surface area contributed by atoms with Gasteiger partial charge in [0.2, 0.25) is 0 Å². The molecule has 2 aliphatic rings. The van der Waals surface area contributed by atoms with Crippen LogP contribution in [0.4, 0.5) is 5.82 Å². The van der Waals surface area contributed by atoms with Crippen LogP contribution in [0, 0.1) is 0 Å². The highest BCUT2D eigenvalue weighted by Crippen LogP contribution is 2.22. The second-order valence-corrected chi connectivity index (χ2v) is 7.36. The third-order valence-corrected chi connectivity index (χ3v) is 5.52. The fourth-order valence-corrected chi connectivity index (χ4v) is 3.98. The van der Waals surface area contributed by atoms with E-state index in [0.717, 1.165) is 38.2 Å². The van der Waals surface area contributed by atoms with E-state index in [4.69, 9.17) is 0 Å². The van der Waals surface area contributed by atoms with Gasteiger partial charge in [-0.05, 0) is 30.4 Å². The standard InChI is InChI=1S/C21H26N4O/c26-21(24-18-9-3-1-2-4-10-18)19-13-23-20(14-22-19)25-12-11-16-7-5-6-8-17(16)15-25/h5-8,13-14,18H,1-4,9-12,15H2,(H,24,26). The zero-order valence-electron chi connectivity index (χ0n) is 15.2. The van der Waals surface area contributed by atoms with Gasteiger partial charge in [-0.1, -0.05) is 49.9 Å². The molecule has 1 amide bonds.